The summed E-state index contributed by atoms with van der Waals surface area (Å²) >= 11 is 0. The number of ketones is 1. The molecule has 0 aromatic heterocycles. The van der Waals surface area contributed by atoms with E-state index in [0.717, 1.165) is 12.8 Å². The molecule has 0 bridgehead atoms. The molecule has 6 heteroatoms. The number of anilines is 1. The van der Waals surface area contributed by atoms with E-state index in [4.69, 9.17) is 10.5 Å². The second-order valence-corrected chi connectivity index (χ2v) is 5.53. The van der Waals surface area contributed by atoms with Gasteiger partial charge in [0.2, 0.25) is 5.91 Å². The molecule has 1 aromatic carbocycles. The zero-order chi connectivity index (χ0) is 17.4. The van der Waals surface area contributed by atoms with Crippen LogP contribution in [0.4, 0.5) is 5.69 Å². The van der Waals surface area contributed by atoms with Crippen molar-refractivity contribution in [3.63, 3.8) is 0 Å². The lowest BCUT2D eigenvalue weighted by Gasteiger charge is -2.13. The largest absolute Gasteiger partial charge is 0.496 e. The molecule has 0 saturated carbocycles. The van der Waals surface area contributed by atoms with E-state index in [-0.39, 0.29) is 17.6 Å². The van der Waals surface area contributed by atoms with Crippen molar-refractivity contribution in [2.24, 2.45) is 16.6 Å². The lowest BCUT2D eigenvalue weighted by atomic mass is 10.0. The van der Waals surface area contributed by atoms with Gasteiger partial charge < -0.3 is 15.8 Å². The molecule has 1 amide bonds. The van der Waals surface area contributed by atoms with Crippen LogP contribution in [0.1, 0.15) is 44.0 Å². The highest BCUT2D eigenvalue weighted by molar-refractivity contribution is 5.99. The Labute approximate surface area is 137 Å². The van der Waals surface area contributed by atoms with Gasteiger partial charge >= 0.3 is 0 Å². The fourth-order valence-electron chi connectivity index (χ4n) is 2.11. The van der Waals surface area contributed by atoms with E-state index in [0.29, 0.717) is 29.4 Å². The molecule has 0 unspecified atom stereocenters. The first-order valence-electron chi connectivity index (χ1n) is 7.61. The topological polar surface area (TPSA) is 93.8 Å². The van der Waals surface area contributed by atoms with Gasteiger partial charge in [-0.3, -0.25) is 14.6 Å². The Morgan fingerprint density at radius 2 is 2.04 bits per heavy atom. The van der Waals surface area contributed by atoms with Crippen LogP contribution in [0.15, 0.2) is 23.2 Å². The molecular weight excluding hydrogens is 294 g/mol. The summed E-state index contributed by atoms with van der Waals surface area (Å²) in [5, 5.41) is 2.83. The number of nitrogens with zero attached hydrogens (tertiary/aromatic N) is 1. The Kier molecular flexibility index (Phi) is 7.25. The second-order valence-electron chi connectivity index (χ2n) is 5.53. The third kappa shape index (κ3) is 6.10. The lowest BCUT2D eigenvalue weighted by Crippen LogP contribution is -2.21. The smallest absolute Gasteiger partial charge is 0.227 e. The normalized spacial score (nSPS) is 12.6. The molecular formula is C17H25N3O3. The Bertz CT molecular complexity index is 593. The van der Waals surface area contributed by atoms with Gasteiger partial charge in [-0.1, -0.05) is 6.92 Å². The van der Waals surface area contributed by atoms with Gasteiger partial charge in [-0.2, -0.15) is 0 Å². The molecule has 23 heavy (non-hydrogen) atoms. The highest BCUT2D eigenvalue weighted by atomic mass is 16.5. The van der Waals surface area contributed by atoms with E-state index < -0.39 is 0 Å². The number of aliphatic imine (C=N–C) groups is 1. The number of methoxy groups -OCH3 is 1. The predicted molar refractivity (Wildman–Crippen MR) is 92.2 cm³/mol. The average molecular weight is 319 g/mol. The minimum absolute atomic E-state index is 0.0851. The Morgan fingerprint density at radius 3 is 2.61 bits per heavy atom. The van der Waals surface area contributed by atoms with Gasteiger partial charge in [0.05, 0.1) is 18.5 Å². The van der Waals surface area contributed by atoms with Gasteiger partial charge in [0, 0.05) is 18.2 Å². The Hall–Kier alpha value is -2.37. The van der Waals surface area contributed by atoms with E-state index in [1.54, 1.807) is 25.1 Å². The number of amides is 1. The van der Waals surface area contributed by atoms with Gasteiger partial charge in [0.1, 0.15) is 5.75 Å². The van der Waals surface area contributed by atoms with Crippen molar-refractivity contribution in [2.45, 2.75) is 33.6 Å². The van der Waals surface area contributed by atoms with Crippen molar-refractivity contribution in [1.29, 1.82) is 0 Å². The molecule has 126 valence electrons. The summed E-state index contributed by atoms with van der Waals surface area (Å²) in [4.78, 5) is 27.9. The first kappa shape index (κ1) is 18.7. The molecule has 1 atom stereocenters. The lowest BCUT2D eigenvalue weighted by molar-refractivity contribution is -0.119. The highest BCUT2D eigenvalue weighted by Gasteiger charge is 2.14. The van der Waals surface area contributed by atoms with Crippen LogP contribution in [-0.2, 0) is 4.79 Å². The van der Waals surface area contributed by atoms with Crippen LogP contribution < -0.4 is 15.8 Å². The number of amidine groups is 1. The molecule has 0 heterocycles. The molecule has 1 rings (SSSR count). The Morgan fingerprint density at radius 1 is 1.35 bits per heavy atom. The van der Waals surface area contributed by atoms with Crippen LogP contribution in [0.2, 0.25) is 0 Å². The number of Topliss-reactive ketones (excluding diaryl/α,β-unsaturated/α-hetero) is 1. The van der Waals surface area contributed by atoms with Gasteiger partial charge in [-0.25, -0.2) is 0 Å². The number of benzene rings is 1. The minimum atomic E-state index is -0.147. The first-order chi connectivity index (χ1) is 10.8. The number of carbonyl (C=O) groups is 2. The number of carbonyl (C=O) groups excluding carboxylic acids is 2. The number of hydrogen-bond acceptors (Lipinski definition) is 4. The zero-order valence-corrected chi connectivity index (χ0v) is 14.2. The van der Waals surface area contributed by atoms with Crippen LogP contribution in [-0.4, -0.2) is 31.2 Å². The highest BCUT2D eigenvalue weighted by Crippen LogP contribution is 2.23. The van der Waals surface area contributed by atoms with E-state index in [2.05, 4.69) is 10.3 Å². The van der Waals surface area contributed by atoms with Gasteiger partial charge in [-0.15, -0.1) is 0 Å². The molecule has 0 radical (unpaired) electrons. The predicted octanol–water partition coefficient (Wildman–Crippen LogP) is 2.63. The van der Waals surface area contributed by atoms with E-state index in [1.165, 1.54) is 14.0 Å². The van der Waals surface area contributed by atoms with Crippen LogP contribution >= 0.6 is 0 Å². The molecule has 0 aliphatic heterocycles. The molecule has 0 fully saturated rings. The van der Waals surface area contributed by atoms with Gasteiger partial charge in [0.25, 0.3) is 0 Å². The summed E-state index contributed by atoms with van der Waals surface area (Å²) in [6.45, 7) is 5.69. The fourth-order valence-corrected chi connectivity index (χ4v) is 2.11. The van der Waals surface area contributed by atoms with Crippen LogP contribution in [0.3, 0.4) is 0 Å². The summed E-state index contributed by atoms with van der Waals surface area (Å²) in [6.07, 6.45) is 1.52. The van der Waals surface area contributed by atoms with E-state index in [9.17, 15) is 9.59 Å². The number of nitrogens with two attached hydrogens (primary N) is 1. The van der Waals surface area contributed by atoms with Gasteiger partial charge in [0.15, 0.2) is 5.78 Å². The number of nitrogens with one attached hydrogen (secondary N) is 1. The van der Waals surface area contributed by atoms with Crippen molar-refractivity contribution >= 4 is 23.2 Å². The maximum atomic E-state index is 12.2. The maximum Gasteiger partial charge on any atom is 0.227 e. The van der Waals surface area contributed by atoms with Crippen LogP contribution in [0, 0.1) is 5.92 Å². The summed E-state index contributed by atoms with van der Waals surface area (Å²) in [5.41, 5.74) is 6.50. The van der Waals surface area contributed by atoms with Crippen molar-refractivity contribution < 1.29 is 14.3 Å². The minimum Gasteiger partial charge on any atom is -0.496 e. The standard InChI is InChI=1S/C17H25N3O3/c1-11(6-5-9-19-13(3)18)17(22)20-14-7-8-16(23-4)15(10-14)12(2)21/h7-8,10-11H,5-6,9H2,1-4H3,(H2,18,19)(H,20,22)/t11-/m1/s1. The van der Waals surface area contributed by atoms with Crippen LogP contribution in [0.25, 0.3) is 0 Å². The van der Waals surface area contributed by atoms with E-state index in [1.807, 2.05) is 6.92 Å². The van der Waals surface area contributed by atoms with Gasteiger partial charge in [-0.05, 0) is 44.9 Å². The first-order valence-corrected chi connectivity index (χ1v) is 7.61. The van der Waals surface area contributed by atoms with E-state index >= 15 is 0 Å². The summed E-state index contributed by atoms with van der Waals surface area (Å²) < 4.78 is 5.14. The monoisotopic (exact) mass is 319 g/mol. The third-order valence-corrected chi connectivity index (χ3v) is 3.45. The quantitative estimate of drug-likeness (QED) is 0.333. The summed E-state index contributed by atoms with van der Waals surface area (Å²) in [7, 11) is 1.51. The fraction of sp³-hybridized carbons (Fsp3) is 0.471. The summed E-state index contributed by atoms with van der Waals surface area (Å²) in [5.74, 6) is 0.709. The Balaban J connectivity index is 2.64. The second kappa shape index (κ2) is 8.92. The number of rotatable bonds is 8. The van der Waals surface area contributed by atoms with Crippen molar-refractivity contribution in [1.82, 2.24) is 0 Å². The molecule has 0 aliphatic rings. The molecule has 0 saturated heterocycles. The molecule has 0 aliphatic carbocycles. The number of ether oxygens (including phenoxy) is 1. The maximum absolute atomic E-state index is 12.2. The van der Waals surface area contributed by atoms with Crippen molar-refractivity contribution in [2.75, 3.05) is 19.0 Å². The van der Waals surface area contributed by atoms with Crippen molar-refractivity contribution in [3.05, 3.63) is 23.8 Å². The van der Waals surface area contributed by atoms with Crippen molar-refractivity contribution in [3.8, 4) is 5.75 Å². The SMILES string of the molecule is COc1ccc(NC(=O)[C@H](C)CCCN=C(C)N)cc1C(C)=O. The zero-order valence-electron chi connectivity index (χ0n) is 14.2. The molecule has 3 N–H and O–H groups in total. The average Bonchev–Trinajstić information content (AvgIpc) is 2.50. The summed E-state index contributed by atoms with van der Waals surface area (Å²) in [6, 6.07) is 5.03. The molecule has 6 nitrogen and oxygen atoms in total. The third-order valence-electron chi connectivity index (χ3n) is 3.45. The van der Waals surface area contributed by atoms with Crippen LogP contribution in [0.5, 0.6) is 5.75 Å². The molecule has 0 spiro atoms. The molecule has 1 aromatic rings. The number of hydrogen-bond donors (Lipinski definition) is 2.